The Kier molecular flexibility index (Phi) is 7.49. The predicted molar refractivity (Wildman–Crippen MR) is 72.4 cm³/mol. The fourth-order valence-electron chi connectivity index (χ4n) is 1.15. The van der Waals surface area contributed by atoms with E-state index in [4.69, 9.17) is 27.3 Å². The van der Waals surface area contributed by atoms with Crippen LogP contribution in [-0.2, 0) is 0 Å². The van der Waals surface area contributed by atoms with Crippen molar-refractivity contribution in [3.05, 3.63) is 17.7 Å². The Hall–Kier alpha value is -1.79. The lowest BCUT2D eigenvalue weighted by Crippen LogP contribution is -2.08. The molecule has 0 radical (unpaired) electrons. The summed E-state index contributed by atoms with van der Waals surface area (Å²) in [7, 11) is 1.50. The van der Waals surface area contributed by atoms with E-state index in [0.29, 0.717) is 35.8 Å². The van der Waals surface area contributed by atoms with Crippen LogP contribution in [-0.4, -0.2) is 26.4 Å². The summed E-state index contributed by atoms with van der Waals surface area (Å²) in [6.07, 6.45) is 1.93. The molecule has 0 unspecified atom stereocenters. The highest BCUT2D eigenvalue weighted by Gasteiger charge is 2.04. The zero-order chi connectivity index (χ0) is 13.3. The monoisotopic (exact) mass is 239 g/mol. The molecule has 0 amide bonds. The minimum Gasteiger partial charge on any atom is -0.491 e. The van der Waals surface area contributed by atoms with E-state index in [2.05, 4.69) is 5.73 Å². The summed E-state index contributed by atoms with van der Waals surface area (Å²) < 4.78 is 5.40. The standard InChI is InChI=1S/C10H16N4O.CH5N/c11-2-1-3-15-10-5-8(13)7(6-12)4-9(10)14;1-2/h4-6,12H,1-3,11,13-14H2;2H2,1H3. The number of nitrogen functional groups attached to an aromatic ring is 2. The topological polar surface area (TPSA) is 137 Å². The molecule has 17 heavy (non-hydrogen) atoms. The van der Waals surface area contributed by atoms with Crippen molar-refractivity contribution >= 4 is 17.6 Å². The highest BCUT2D eigenvalue weighted by molar-refractivity contribution is 5.87. The molecule has 0 saturated carbocycles. The van der Waals surface area contributed by atoms with Gasteiger partial charge in [0.25, 0.3) is 0 Å². The van der Waals surface area contributed by atoms with Gasteiger partial charge in [0.05, 0.1) is 12.3 Å². The Labute approximate surface area is 101 Å². The molecule has 0 saturated heterocycles. The van der Waals surface area contributed by atoms with Gasteiger partial charge in [0.1, 0.15) is 5.75 Å². The first-order valence-corrected chi connectivity index (χ1v) is 5.29. The van der Waals surface area contributed by atoms with Crippen LogP contribution in [0, 0.1) is 5.41 Å². The molecule has 0 heterocycles. The van der Waals surface area contributed by atoms with E-state index in [1.165, 1.54) is 7.05 Å². The lowest BCUT2D eigenvalue weighted by Gasteiger charge is -2.10. The average molecular weight is 239 g/mol. The predicted octanol–water partition coefficient (Wildman–Crippen LogP) is 0.151. The van der Waals surface area contributed by atoms with Gasteiger partial charge in [-0.3, -0.25) is 0 Å². The number of rotatable bonds is 5. The minimum atomic E-state index is 0.486. The van der Waals surface area contributed by atoms with Gasteiger partial charge in [-0.2, -0.15) is 0 Å². The van der Waals surface area contributed by atoms with Crippen LogP contribution >= 0.6 is 0 Å². The highest BCUT2D eigenvalue weighted by Crippen LogP contribution is 2.26. The molecular weight excluding hydrogens is 218 g/mol. The van der Waals surface area contributed by atoms with Crippen molar-refractivity contribution in [2.45, 2.75) is 6.42 Å². The van der Waals surface area contributed by atoms with Crippen LogP contribution in [0.5, 0.6) is 5.75 Å². The summed E-state index contributed by atoms with van der Waals surface area (Å²) in [5, 5.41) is 7.10. The second kappa shape index (κ2) is 8.37. The summed E-state index contributed by atoms with van der Waals surface area (Å²) in [6, 6.07) is 3.26. The van der Waals surface area contributed by atoms with Crippen LogP contribution < -0.4 is 27.7 Å². The van der Waals surface area contributed by atoms with E-state index in [0.717, 1.165) is 12.6 Å². The van der Waals surface area contributed by atoms with Crippen molar-refractivity contribution in [3.8, 4) is 5.75 Å². The Balaban J connectivity index is 0.00000121. The van der Waals surface area contributed by atoms with Crippen LogP contribution in [0.3, 0.4) is 0 Å². The number of hydrogen-bond donors (Lipinski definition) is 5. The fraction of sp³-hybridized carbons (Fsp3) is 0.364. The molecule has 96 valence electrons. The van der Waals surface area contributed by atoms with E-state index < -0.39 is 0 Å². The lowest BCUT2D eigenvalue weighted by atomic mass is 10.1. The zero-order valence-electron chi connectivity index (χ0n) is 10.1. The van der Waals surface area contributed by atoms with Gasteiger partial charge in [0, 0.05) is 23.5 Å². The molecule has 1 rings (SSSR count). The van der Waals surface area contributed by atoms with Crippen molar-refractivity contribution < 1.29 is 4.74 Å². The van der Waals surface area contributed by atoms with E-state index in [1.807, 2.05) is 0 Å². The third-order valence-corrected chi connectivity index (χ3v) is 1.98. The van der Waals surface area contributed by atoms with Gasteiger partial charge in [-0.1, -0.05) is 0 Å². The van der Waals surface area contributed by atoms with Gasteiger partial charge in [-0.15, -0.1) is 0 Å². The quantitative estimate of drug-likeness (QED) is 0.283. The van der Waals surface area contributed by atoms with Crippen LogP contribution in [0.4, 0.5) is 11.4 Å². The fourth-order valence-corrected chi connectivity index (χ4v) is 1.15. The van der Waals surface area contributed by atoms with Crippen LogP contribution in [0.1, 0.15) is 12.0 Å². The number of ether oxygens (including phenoxy) is 1. The normalized spacial score (nSPS) is 9.12. The molecule has 6 heteroatoms. The molecule has 0 fully saturated rings. The molecule has 0 spiro atoms. The maximum atomic E-state index is 7.10. The molecule has 0 aliphatic carbocycles. The summed E-state index contributed by atoms with van der Waals surface area (Å²) in [5.41, 5.74) is 22.8. The van der Waals surface area contributed by atoms with Crippen LogP contribution in [0.25, 0.3) is 0 Å². The van der Waals surface area contributed by atoms with Gasteiger partial charge >= 0.3 is 0 Å². The average Bonchev–Trinajstić information content (AvgIpc) is 2.36. The van der Waals surface area contributed by atoms with Gasteiger partial charge in [0.15, 0.2) is 0 Å². The van der Waals surface area contributed by atoms with E-state index in [9.17, 15) is 0 Å². The molecule has 1 aromatic carbocycles. The second-order valence-corrected chi connectivity index (χ2v) is 3.15. The summed E-state index contributed by atoms with van der Waals surface area (Å²) in [6.45, 7) is 1.10. The SMILES string of the molecule is CN.N=Cc1cc(N)c(OCCCN)cc1N. The first-order valence-electron chi connectivity index (χ1n) is 5.29. The number of nitrogens with two attached hydrogens (primary N) is 4. The molecule has 0 atom stereocenters. The minimum absolute atomic E-state index is 0.486. The molecule has 0 bridgehead atoms. The summed E-state index contributed by atoms with van der Waals surface area (Å²) in [5.74, 6) is 0.548. The third kappa shape index (κ3) is 4.71. The maximum Gasteiger partial charge on any atom is 0.144 e. The number of benzene rings is 1. The van der Waals surface area contributed by atoms with Gasteiger partial charge in [-0.05, 0) is 26.1 Å². The van der Waals surface area contributed by atoms with Crippen LogP contribution in [0.2, 0.25) is 0 Å². The first-order chi connectivity index (χ1) is 8.19. The Morgan fingerprint density at radius 2 is 1.88 bits per heavy atom. The lowest BCUT2D eigenvalue weighted by molar-refractivity contribution is 0.315. The second-order valence-electron chi connectivity index (χ2n) is 3.15. The first kappa shape index (κ1) is 15.2. The summed E-state index contributed by atoms with van der Waals surface area (Å²) >= 11 is 0. The summed E-state index contributed by atoms with van der Waals surface area (Å²) in [4.78, 5) is 0. The van der Waals surface area contributed by atoms with Crippen LogP contribution in [0.15, 0.2) is 12.1 Å². The highest BCUT2D eigenvalue weighted by atomic mass is 16.5. The van der Waals surface area contributed by atoms with E-state index in [1.54, 1.807) is 12.1 Å². The van der Waals surface area contributed by atoms with Crippen molar-refractivity contribution in [2.24, 2.45) is 11.5 Å². The van der Waals surface area contributed by atoms with Crippen molar-refractivity contribution in [3.63, 3.8) is 0 Å². The van der Waals surface area contributed by atoms with Crippen molar-refractivity contribution in [1.29, 1.82) is 5.41 Å². The molecule has 1 aromatic rings. The van der Waals surface area contributed by atoms with Crippen molar-refractivity contribution in [2.75, 3.05) is 31.7 Å². The van der Waals surface area contributed by atoms with Gasteiger partial charge in [-0.25, -0.2) is 0 Å². The number of anilines is 2. The number of hydrogen-bond acceptors (Lipinski definition) is 6. The maximum absolute atomic E-state index is 7.10. The molecule has 0 aliphatic heterocycles. The Bertz CT molecular complexity index is 354. The molecular formula is C11H21N5O. The molecule has 0 aromatic heterocycles. The third-order valence-electron chi connectivity index (χ3n) is 1.98. The zero-order valence-corrected chi connectivity index (χ0v) is 10.1. The smallest absolute Gasteiger partial charge is 0.144 e. The van der Waals surface area contributed by atoms with Crippen molar-refractivity contribution in [1.82, 2.24) is 0 Å². The van der Waals surface area contributed by atoms with Gasteiger partial charge < -0.3 is 33.1 Å². The molecule has 0 aliphatic rings. The Morgan fingerprint density at radius 1 is 1.24 bits per heavy atom. The molecule has 9 N–H and O–H groups in total. The van der Waals surface area contributed by atoms with E-state index in [-0.39, 0.29) is 0 Å². The Morgan fingerprint density at radius 3 is 2.41 bits per heavy atom. The number of nitrogens with one attached hydrogen (secondary N) is 1. The van der Waals surface area contributed by atoms with Gasteiger partial charge in [0.2, 0.25) is 0 Å². The van der Waals surface area contributed by atoms with E-state index >= 15 is 0 Å². The largest absolute Gasteiger partial charge is 0.491 e. The molecule has 6 nitrogen and oxygen atoms in total.